The summed E-state index contributed by atoms with van der Waals surface area (Å²) in [6.45, 7) is 0. The first-order valence-corrected chi connectivity index (χ1v) is 10.8. The highest BCUT2D eigenvalue weighted by Crippen LogP contribution is 2.27. The van der Waals surface area contributed by atoms with Crippen molar-refractivity contribution >= 4 is 11.4 Å². The van der Waals surface area contributed by atoms with E-state index in [1.807, 2.05) is 36.4 Å². The predicted octanol–water partition coefficient (Wildman–Crippen LogP) is 4.77. The molecule has 10 nitrogen and oxygen atoms in total. The molecule has 190 valence electrons. The van der Waals surface area contributed by atoms with E-state index in [1.165, 1.54) is 19.2 Å². The number of nitro groups is 1. The molecule has 0 fully saturated rings. The van der Waals surface area contributed by atoms with Gasteiger partial charge < -0.3 is 19.9 Å². The summed E-state index contributed by atoms with van der Waals surface area (Å²) in [5, 5.41) is 35.8. The van der Waals surface area contributed by atoms with Crippen LogP contribution in [0.15, 0.2) is 60.7 Å². The number of rotatable bonds is 7. The minimum absolute atomic E-state index is 0.111. The van der Waals surface area contributed by atoms with Crippen LogP contribution in [0.3, 0.4) is 0 Å². The van der Waals surface area contributed by atoms with Crippen molar-refractivity contribution in [2.24, 2.45) is 0 Å². The van der Waals surface area contributed by atoms with Crippen LogP contribution < -0.4 is 19.9 Å². The van der Waals surface area contributed by atoms with Gasteiger partial charge in [-0.15, -0.1) is 0 Å². The molecule has 2 N–H and O–H groups in total. The molecular formula is C27H27N5O5. The summed E-state index contributed by atoms with van der Waals surface area (Å²) in [5.74, 6) is 1.68. The number of hydrogen-bond donors (Lipinski definition) is 1. The van der Waals surface area contributed by atoms with Crippen LogP contribution in [-0.4, -0.2) is 26.3 Å². The topological polar surface area (TPSA) is 168 Å². The minimum Gasteiger partial charge on any atom is -0.497 e. The van der Waals surface area contributed by atoms with Crippen molar-refractivity contribution in [3.63, 3.8) is 0 Å². The maximum absolute atomic E-state index is 10.6. The Balaban J connectivity index is 0.000000280. The fourth-order valence-electron chi connectivity index (χ4n) is 2.90. The Bertz CT molecular complexity index is 1290. The molecule has 0 saturated heterocycles. The van der Waals surface area contributed by atoms with Crippen molar-refractivity contribution in [1.29, 1.82) is 15.8 Å². The SMILES string of the molecule is COc1ccc(CC#N)cc1.COc1ccc(CC#N)cc1N.COc1ccc(CC#N)cc1[N+](=O)[O-]. The molecule has 3 aromatic rings. The van der Waals surface area contributed by atoms with Crippen molar-refractivity contribution in [2.75, 3.05) is 27.1 Å². The Morgan fingerprint density at radius 1 is 0.730 bits per heavy atom. The van der Waals surface area contributed by atoms with E-state index in [1.54, 1.807) is 32.4 Å². The number of nitro benzene ring substituents is 1. The van der Waals surface area contributed by atoms with Crippen molar-refractivity contribution in [3.8, 4) is 35.5 Å². The molecule has 0 unspecified atom stereocenters. The number of nitrogens with two attached hydrogens (primary N) is 1. The lowest BCUT2D eigenvalue weighted by Gasteiger charge is -2.04. The molecule has 0 heterocycles. The lowest BCUT2D eigenvalue weighted by molar-refractivity contribution is -0.385. The van der Waals surface area contributed by atoms with Crippen molar-refractivity contribution in [2.45, 2.75) is 19.3 Å². The summed E-state index contributed by atoms with van der Waals surface area (Å²) in [5.41, 5.74) is 8.64. The van der Waals surface area contributed by atoms with Gasteiger partial charge >= 0.3 is 5.69 Å². The summed E-state index contributed by atoms with van der Waals surface area (Å²) in [7, 11) is 4.56. The van der Waals surface area contributed by atoms with E-state index in [-0.39, 0.29) is 17.9 Å². The minimum atomic E-state index is -0.528. The molecule has 0 saturated carbocycles. The van der Waals surface area contributed by atoms with E-state index in [9.17, 15) is 10.1 Å². The second-order valence-electron chi connectivity index (χ2n) is 7.19. The van der Waals surface area contributed by atoms with Crippen molar-refractivity contribution in [3.05, 3.63) is 87.5 Å². The van der Waals surface area contributed by atoms with Crippen molar-refractivity contribution in [1.82, 2.24) is 0 Å². The van der Waals surface area contributed by atoms with Gasteiger partial charge in [-0.3, -0.25) is 10.1 Å². The van der Waals surface area contributed by atoms with Crippen LogP contribution in [0.2, 0.25) is 0 Å². The van der Waals surface area contributed by atoms with Crippen LogP contribution in [0.5, 0.6) is 17.2 Å². The maximum atomic E-state index is 10.6. The van der Waals surface area contributed by atoms with Crippen LogP contribution >= 0.6 is 0 Å². The largest absolute Gasteiger partial charge is 0.497 e. The molecule has 0 spiro atoms. The number of ether oxygens (including phenoxy) is 3. The van der Waals surface area contributed by atoms with Gasteiger partial charge in [0.2, 0.25) is 0 Å². The quantitative estimate of drug-likeness (QED) is 0.272. The highest BCUT2D eigenvalue weighted by molar-refractivity contribution is 5.54. The summed E-state index contributed by atoms with van der Waals surface area (Å²) in [4.78, 5) is 10.1. The third-order valence-corrected chi connectivity index (χ3v) is 4.74. The zero-order valence-corrected chi connectivity index (χ0v) is 20.8. The lowest BCUT2D eigenvalue weighted by Crippen LogP contribution is -1.95. The average Bonchev–Trinajstić information content (AvgIpc) is 2.90. The highest BCUT2D eigenvalue weighted by atomic mass is 16.6. The molecule has 0 aliphatic heterocycles. The Labute approximate surface area is 215 Å². The van der Waals surface area contributed by atoms with Crippen LogP contribution in [0.1, 0.15) is 16.7 Å². The van der Waals surface area contributed by atoms with Gasteiger partial charge in [0.15, 0.2) is 5.75 Å². The number of anilines is 1. The Morgan fingerprint density at radius 3 is 1.62 bits per heavy atom. The number of hydrogen-bond acceptors (Lipinski definition) is 9. The number of benzene rings is 3. The fourth-order valence-corrected chi connectivity index (χ4v) is 2.90. The zero-order valence-electron chi connectivity index (χ0n) is 20.8. The first-order valence-electron chi connectivity index (χ1n) is 10.8. The highest BCUT2D eigenvalue weighted by Gasteiger charge is 2.14. The molecule has 3 aromatic carbocycles. The van der Waals surface area contributed by atoms with Crippen LogP contribution in [-0.2, 0) is 19.3 Å². The van der Waals surface area contributed by atoms with Gasteiger partial charge in [-0.2, -0.15) is 15.8 Å². The molecule has 3 rings (SSSR count). The molecule has 0 aromatic heterocycles. The number of nitrogen functional groups attached to an aromatic ring is 1. The first kappa shape index (κ1) is 29.8. The molecule has 10 heteroatoms. The van der Waals surface area contributed by atoms with E-state index >= 15 is 0 Å². The molecule has 0 amide bonds. The summed E-state index contributed by atoms with van der Waals surface area (Å²) < 4.78 is 14.7. The Morgan fingerprint density at radius 2 is 1.19 bits per heavy atom. The van der Waals surface area contributed by atoms with Gasteiger partial charge in [0.25, 0.3) is 0 Å². The van der Waals surface area contributed by atoms with Gasteiger partial charge in [0.1, 0.15) is 11.5 Å². The molecular weight excluding hydrogens is 474 g/mol. The van der Waals surface area contributed by atoms with E-state index in [0.717, 1.165) is 16.9 Å². The number of methoxy groups -OCH3 is 3. The van der Waals surface area contributed by atoms with Crippen molar-refractivity contribution < 1.29 is 19.1 Å². The maximum Gasteiger partial charge on any atom is 0.311 e. The summed E-state index contributed by atoms with van der Waals surface area (Å²) in [6.07, 6.45) is 1.00. The van der Waals surface area contributed by atoms with E-state index < -0.39 is 4.92 Å². The summed E-state index contributed by atoms with van der Waals surface area (Å²) in [6, 6.07) is 23.4. The zero-order chi connectivity index (χ0) is 27.6. The monoisotopic (exact) mass is 501 g/mol. The first-order chi connectivity index (χ1) is 17.8. The molecule has 0 radical (unpaired) electrons. The smallest absolute Gasteiger partial charge is 0.311 e. The van der Waals surface area contributed by atoms with E-state index in [4.69, 9.17) is 35.7 Å². The van der Waals surface area contributed by atoms with Gasteiger partial charge in [-0.05, 0) is 47.0 Å². The second-order valence-corrected chi connectivity index (χ2v) is 7.19. The average molecular weight is 502 g/mol. The molecule has 0 aliphatic rings. The standard InChI is InChI=1S/C9H8N2O3.C9H10N2O.C9H9NO/c1-14-9-3-2-7(4-5-10)6-8(9)11(12)13;1-12-9-3-2-7(4-5-10)6-8(9)11;1-11-9-4-2-8(3-5-9)6-7-10/h2-3,6H,4H2,1H3;2-3,6H,4,11H2,1H3;2-5H,6H2,1H3. The normalized spacial score (nSPS) is 8.97. The Hall–Kier alpha value is -5.27. The number of nitriles is 3. The molecule has 0 aliphatic carbocycles. The fraction of sp³-hybridized carbons (Fsp3) is 0.222. The van der Waals surface area contributed by atoms with E-state index in [0.29, 0.717) is 29.8 Å². The van der Waals surface area contributed by atoms with Crippen LogP contribution in [0.25, 0.3) is 0 Å². The third kappa shape index (κ3) is 10.3. The van der Waals surface area contributed by atoms with Gasteiger partial charge in [-0.1, -0.05) is 24.3 Å². The van der Waals surface area contributed by atoms with Gasteiger partial charge in [0, 0.05) is 6.07 Å². The Kier molecular flexibility index (Phi) is 13.2. The predicted molar refractivity (Wildman–Crippen MR) is 138 cm³/mol. The lowest BCUT2D eigenvalue weighted by atomic mass is 10.1. The van der Waals surface area contributed by atoms with Crippen LogP contribution in [0, 0.1) is 44.1 Å². The van der Waals surface area contributed by atoms with Crippen LogP contribution in [0.4, 0.5) is 11.4 Å². The van der Waals surface area contributed by atoms with Gasteiger partial charge in [-0.25, -0.2) is 0 Å². The summed E-state index contributed by atoms with van der Waals surface area (Å²) >= 11 is 0. The second kappa shape index (κ2) is 16.4. The number of nitrogens with zero attached hydrogens (tertiary/aromatic N) is 4. The van der Waals surface area contributed by atoms with Gasteiger partial charge in [0.05, 0.1) is 69.4 Å². The third-order valence-electron chi connectivity index (χ3n) is 4.74. The molecule has 0 atom stereocenters. The molecule has 37 heavy (non-hydrogen) atoms. The molecule has 0 bridgehead atoms. The van der Waals surface area contributed by atoms with E-state index in [2.05, 4.69) is 12.1 Å².